The van der Waals surface area contributed by atoms with Crippen LogP contribution in [0, 0.1) is 0 Å². The molecule has 0 fully saturated rings. The van der Waals surface area contributed by atoms with Crippen molar-refractivity contribution in [1.29, 1.82) is 0 Å². The van der Waals surface area contributed by atoms with E-state index in [-0.39, 0.29) is 0 Å². The van der Waals surface area contributed by atoms with Crippen LogP contribution in [0.1, 0.15) is 5.56 Å². The van der Waals surface area contributed by atoms with E-state index >= 15 is 0 Å². The average Bonchev–Trinajstić information content (AvgIpc) is 2.94. The number of nitrogens with zero attached hydrogens (tertiary/aromatic N) is 3. The molecule has 3 rings (SSSR count). The van der Waals surface area contributed by atoms with Crippen LogP contribution in [0.4, 0.5) is 0 Å². The maximum atomic E-state index is 5.92. The lowest BCUT2D eigenvalue weighted by atomic mass is 10.2. The van der Waals surface area contributed by atoms with Crippen molar-refractivity contribution in [2.45, 2.75) is 5.16 Å². The second kappa shape index (κ2) is 7.49. The molecule has 3 nitrogen and oxygen atoms in total. The SMILES string of the molecule is Cn1c(SCC=Cc2ccccc2)nnc1-c1ccc(Cl)cc1. The van der Waals surface area contributed by atoms with Gasteiger partial charge in [-0.1, -0.05) is 65.8 Å². The molecule has 0 aliphatic carbocycles. The summed E-state index contributed by atoms with van der Waals surface area (Å²) in [5.74, 6) is 1.69. The first-order chi connectivity index (χ1) is 11.2. The van der Waals surface area contributed by atoms with Crippen molar-refractivity contribution in [3.05, 3.63) is 71.3 Å². The minimum atomic E-state index is 0.719. The zero-order valence-electron chi connectivity index (χ0n) is 12.7. The number of benzene rings is 2. The van der Waals surface area contributed by atoms with E-state index in [0.717, 1.165) is 27.3 Å². The highest BCUT2D eigenvalue weighted by Gasteiger charge is 2.10. The first-order valence-corrected chi connectivity index (χ1v) is 8.60. The smallest absolute Gasteiger partial charge is 0.191 e. The first-order valence-electron chi connectivity index (χ1n) is 7.24. The van der Waals surface area contributed by atoms with E-state index in [2.05, 4.69) is 34.5 Å². The van der Waals surface area contributed by atoms with Gasteiger partial charge in [-0.05, 0) is 29.8 Å². The maximum Gasteiger partial charge on any atom is 0.191 e. The minimum Gasteiger partial charge on any atom is -0.305 e. The molecule has 0 amide bonds. The molecule has 1 aromatic heterocycles. The van der Waals surface area contributed by atoms with Gasteiger partial charge in [-0.3, -0.25) is 0 Å². The van der Waals surface area contributed by atoms with Crippen LogP contribution < -0.4 is 0 Å². The molecule has 116 valence electrons. The minimum absolute atomic E-state index is 0.719. The second-order valence-electron chi connectivity index (χ2n) is 5.00. The van der Waals surface area contributed by atoms with Gasteiger partial charge in [0.2, 0.25) is 0 Å². The fourth-order valence-corrected chi connectivity index (χ4v) is 3.01. The molecule has 0 radical (unpaired) electrons. The summed E-state index contributed by atoms with van der Waals surface area (Å²) in [6.07, 6.45) is 4.25. The third-order valence-electron chi connectivity index (χ3n) is 3.36. The Morgan fingerprint density at radius 2 is 1.78 bits per heavy atom. The van der Waals surface area contributed by atoms with Gasteiger partial charge in [-0.25, -0.2) is 0 Å². The second-order valence-corrected chi connectivity index (χ2v) is 6.42. The normalized spacial score (nSPS) is 11.2. The summed E-state index contributed by atoms with van der Waals surface area (Å²) in [7, 11) is 1.98. The number of halogens is 1. The molecule has 5 heteroatoms. The highest BCUT2D eigenvalue weighted by molar-refractivity contribution is 7.99. The topological polar surface area (TPSA) is 30.7 Å². The zero-order valence-corrected chi connectivity index (χ0v) is 14.3. The third kappa shape index (κ3) is 4.03. The van der Waals surface area contributed by atoms with Gasteiger partial charge in [-0.15, -0.1) is 10.2 Å². The molecule has 0 aliphatic rings. The van der Waals surface area contributed by atoms with E-state index < -0.39 is 0 Å². The number of aromatic nitrogens is 3. The van der Waals surface area contributed by atoms with E-state index in [9.17, 15) is 0 Å². The van der Waals surface area contributed by atoms with Crippen LogP contribution >= 0.6 is 23.4 Å². The summed E-state index contributed by atoms with van der Waals surface area (Å²) >= 11 is 7.59. The molecule has 3 aromatic rings. The predicted octanol–water partition coefficient (Wildman–Crippen LogP) is 4.94. The van der Waals surface area contributed by atoms with Gasteiger partial charge < -0.3 is 4.57 Å². The Labute approximate surface area is 145 Å². The van der Waals surface area contributed by atoms with Crippen molar-refractivity contribution in [2.24, 2.45) is 7.05 Å². The van der Waals surface area contributed by atoms with Crippen LogP contribution in [0.2, 0.25) is 5.02 Å². The Bertz CT molecular complexity index is 795. The fourth-order valence-electron chi connectivity index (χ4n) is 2.16. The average molecular weight is 342 g/mol. The Hall–Kier alpha value is -2.04. The summed E-state index contributed by atoms with van der Waals surface area (Å²) < 4.78 is 2.00. The van der Waals surface area contributed by atoms with Gasteiger partial charge in [0.15, 0.2) is 11.0 Å². The number of rotatable bonds is 5. The molecule has 0 bridgehead atoms. The number of hydrogen-bond acceptors (Lipinski definition) is 3. The van der Waals surface area contributed by atoms with Crippen molar-refractivity contribution in [2.75, 3.05) is 5.75 Å². The molecule has 23 heavy (non-hydrogen) atoms. The van der Waals surface area contributed by atoms with E-state index in [0.29, 0.717) is 0 Å². The molecule has 0 atom stereocenters. The third-order valence-corrected chi connectivity index (χ3v) is 4.58. The Kier molecular flexibility index (Phi) is 5.16. The molecular formula is C18H16ClN3S. The lowest BCUT2D eigenvalue weighted by Crippen LogP contribution is -1.94. The molecule has 0 spiro atoms. The molecule has 1 heterocycles. The molecule has 0 aliphatic heterocycles. The van der Waals surface area contributed by atoms with Crippen molar-refractivity contribution in [1.82, 2.24) is 14.8 Å². The van der Waals surface area contributed by atoms with Crippen LogP contribution in [0.3, 0.4) is 0 Å². The van der Waals surface area contributed by atoms with Crippen LogP contribution in [-0.2, 0) is 7.05 Å². The molecule has 2 aromatic carbocycles. The maximum absolute atomic E-state index is 5.92. The number of thioether (sulfide) groups is 1. The summed E-state index contributed by atoms with van der Waals surface area (Å²) in [5, 5.41) is 10.2. The van der Waals surface area contributed by atoms with Crippen LogP contribution in [0.25, 0.3) is 17.5 Å². The molecule has 0 saturated heterocycles. The summed E-state index contributed by atoms with van der Waals surface area (Å²) in [4.78, 5) is 0. The van der Waals surface area contributed by atoms with Crippen LogP contribution in [0.5, 0.6) is 0 Å². The van der Waals surface area contributed by atoms with Crippen LogP contribution in [0.15, 0.2) is 65.8 Å². The van der Waals surface area contributed by atoms with Crippen molar-refractivity contribution in [3.63, 3.8) is 0 Å². The number of hydrogen-bond donors (Lipinski definition) is 0. The van der Waals surface area contributed by atoms with Gasteiger partial charge in [0.05, 0.1) is 0 Å². The lowest BCUT2D eigenvalue weighted by molar-refractivity contribution is 0.795. The zero-order chi connectivity index (χ0) is 16.1. The van der Waals surface area contributed by atoms with Gasteiger partial charge in [-0.2, -0.15) is 0 Å². The summed E-state index contributed by atoms with van der Waals surface area (Å²) in [6.45, 7) is 0. The quantitative estimate of drug-likeness (QED) is 0.616. The van der Waals surface area contributed by atoms with Gasteiger partial charge in [0.1, 0.15) is 0 Å². The van der Waals surface area contributed by atoms with E-state index in [1.165, 1.54) is 5.56 Å². The van der Waals surface area contributed by atoms with Crippen LogP contribution in [-0.4, -0.2) is 20.5 Å². The Morgan fingerprint density at radius 3 is 2.52 bits per heavy atom. The standard InChI is InChI=1S/C18H16ClN3S/c1-22-17(15-9-11-16(19)12-10-15)20-21-18(22)23-13-5-8-14-6-3-2-4-7-14/h2-12H,13H2,1H3. The van der Waals surface area contributed by atoms with E-state index in [1.807, 2.05) is 54.1 Å². The van der Waals surface area contributed by atoms with Gasteiger partial charge >= 0.3 is 0 Å². The van der Waals surface area contributed by atoms with Gasteiger partial charge in [0, 0.05) is 23.4 Å². The Morgan fingerprint density at radius 1 is 1.04 bits per heavy atom. The summed E-state index contributed by atoms with van der Waals surface area (Å²) in [6, 6.07) is 17.9. The lowest BCUT2D eigenvalue weighted by Gasteiger charge is -2.03. The predicted molar refractivity (Wildman–Crippen MR) is 97.6 cm³/mol. The molecular weight excluding hydrogens is 326 g/mol. The van der Waals surface area contributed by atoms with E-state index in [1.54, 1.807) is 11.8 Å². The fraction of sp³-hybridized carbons (Fsp3) is 0.111. The first kappa shape index (κ1) is 15.8. The molecule has 0 unspecified atom stereocenters. The van der Waals surface area contributed by atoms with Crippen molar-refractivity contribution < 1.29 is 0 Å². The molecule has 0 saturated carbocycles. The molecule has 0 N–H and O–H groups in total. The van der Waals surface area contributed by atoms with Gasteiger partial charge in [0.25, 0.3) is 0 Å². The van der Waals surface area contributed by atoms with E-state index in [4.69, 9.17) is 11.6 Å². The van der Waals surface area contributed by atoms with Crippen molar-refractivity contribution >= 4 is 29.4 Å². The Balaban J connectivity index is 1.65. The monoisotopic (exact) mass is 341 g/mol. The van der Waals surface area contributed by atoms with Crippen molar-refractivity contribution in [3.8, 4) is 11.4 Å². The highest BCUT2D eigenvalue weighted by Crippen LogP contribution is 2.24. The summed E-state index contributed by atoms with van der Waals surface area (Å²) in [5.41, 5.74) is 2.21. The highest BCUT2D eigenvalue weighted by atomic mass is 35.5. The largest absolute Gasteiger partial charge is 0.305 e.